The molecular formula is C13H18ClN3O3. The van der Waals surface area contributed by atoms with Gasteiger partial charge >= 0.3 is 0 Å². The largest absolute Gasteiger partial charge is 0.350 e. The summed E-state index contributed by atoms with van der Waals surface area (Å²) in [7, 11) is 0. The van der Waals surface area contributed by atoms with Gasteiger partial charge in [-0.2, -0.15) is 0 Å². The number of rotatable bonds is 5. The Kier molecular flexibility index (Phi) is 5.47. The van der Waals surface area contributed by atoms with Crippen molar-refractivity contribution in [2.24, 2.45) is 0 Å². The number of nitro benzene ring substituents is 1. The average Bonchev–Trinajstić information content (AvgIpc) is 2.26. The van der Waals surface area contributed by atoms with E-state index in [9.17, 15) is 14.9 Å². The van der Waals surface area contributed by atoms with Crippen LogP contribution in [0.2, 0.25) is 5.02 Å². The lowest BCUT2D eigenvalue weighted by Gasteiger charge is -2.20. The molecule has 0 atom stereocenters. The fourth-order valence-corrected chi connectivity index (χ4v) is 1.84. The van der Waals surface area contributed by atoms with Crippen LogP contribution in [0.4, 0.5) is 5.69 Å². The monoisotopic (exact) mass is 299 g/mol. The molecular weight excluding hydrogens is 282 g/mol. The summed E-state index contributed by atoms with van der Waals surface area (Å²) in [5, 5.41) is 17.0. The van der Waals surface area contributed by atoms with E-state index >= 15 is 0 Å². The first-order chi connectivity index (χ1) is 9.19. The zero-order valence-corrected chi connectivity index (χ0v) is 12.5. The van der Waals surface area contributed by atoms with Gasteiger partial charge in [-0.25, -0.2) is 0 Å². The zero-order chi connectivity index (χ0) is 15.3. The topological polar surface area (TPSA) is 84.3 Å². The van der Waals surface area contributed by atoms with Crippen molar-refractivity contribution < 1.29 is 9.72 Å². The molecule has 20 heavy (non-hydrogen) atoms. The molecule has 0 bridgehead atoms. The van der Waals surface area contributed by atoms with E-state index in [0.29, 0.717) is 10.6 Å². The Labute approximate surface area is 122 Å². The van der Waals surface area contributed by atoms with Crippen LogP contribution in [0.25, 0.3) is 0 Å². The molecule has 2 N–H and O–H groups in total. The van der Waals surface area contributed by atoms with E-state index in [4.69, 9.17) is 11.6 Å². The summed E-state index contributed by atoms with van der Waals surface area (Å²) in [6, 6.07) is 4.35. The van der Waals surface area contributed by atoms with Gasteiger partial charge in [-0.15, -0.1) is 0 Å². The number of nitrogens with one attached hydrogen (secondary N) is 2. The van der Waals surface area contributed by atoms with Gasteiger partial charge < -0.3 is 10.6 Å². The van der Waals surface area contributed by atoms with Crippen LogP contribution in [-0.4, -0.2) is 22.9 Å². The van der Waals surface area contributed by atoms with Crippen molar-refractivity contribution in [3.8, 4) is 0 Å². The minimum absolute atomic E-state index is 0.0156. The van der Waals surface area contributed by atoms with Crippen LogP contribution in [-0.2, 0) is 11.3 Å². The number of hydrogen-bond acceptors (Lipinski definition) is 4. The SMILES string of the molecule is CC(C)(C)NC(=O)CNCc1cc(Cl)ccc1[N+](=O)[O-]. The number of benzene rings is 1. The Bertz CT molecular complexity index is 512. The molecule has 7 heteroatoms. The first kappa shape index (κ1) is 16.4. The van der Waals surface area contributed by atoms with Crippen molar-refractivity contribution in [1.82, 2.24) is 10.6 Å². The smallest absolute Gasteiger partial charge is 0.273 e. The van der Waals surface area contributed by atoms with Gasteiger partial charge in [0.1, 0.15) is 0 Å². The molecule has 6 nitrogen and oxygen atoms in total. The lowest BCUT2D eigenvalue weighted by atomic mass is 10.1. The minimum atomic E-state index is -0.470. The van der Waals surface area contributed by atoms with Gasteiger partial charge in [0.25, 0.3) is 5.69 Å². The Morgan fingerprint density at radius 2 is 2.05 bits per heavy atom. The van der Waals surface area contributed by atoms with Crippen molar-refractivity contribution in [2.75, 3.05) is 6.54 Å². The first-order valence-corrected chi connectivity index (χ1v) is 6.51. The maximum atomic E-state index is 11.6. The van der Waals surface area contributed by atoms with E-state index in [-0.39, 0.29) is 30.2 Å². The van der Waals surface area contributed by atoms with Crippen molar-refractivity contribution in [3.05, 3.63) is 38.9 Å². The van der Waals surface area contributed by atoms with E-state index in [2.05, 4.69) is 10.6 Å². The molecule has 0 spiro atoms. The summed E-state index contributed by atoms with van der Waals surface area (Å²) in [6.45, 7) is 5.93. The minimum Gasteiger partial charge on any atom is -0.350 e. The van der Waals surface area contributed by atoms with E-state index < -0.39 is 4.92 Å². The highest BCUT2D eigenvalue weighted by molar-refractivity contribution is 6.30. The van der Waals surface area contributed by atoms with Gasteiger partial charge in [-0.1, -0.05) is 11.6 Å². The Morgan fingerprint density at radius 1 is 1.40 bits per heavy atom. The normalized spacial score (nSPS) is 11.2. The van der Waals surface area contributed by atoms with E-state index in [0.717, 1.165) is 0 Å². The van der Waals surface area contributed by atoms with Gasteiger partial charge in [0.2, 0.25) is 5.91 Å². The molecule has 1 rings (SSSR count). The van der Waals surface area contributed by atoms with Crippen molar-refractivity contribution in [2.45, 2.75) is 32.9 Å². The van der Waals surface area contributed by atoms with Gasteiger partial charge in [-0.05, 0) is 32.9 Å². The van der Waals surface area contributed by atoms with Gasteiger partial charge in [0.15, 0.2) is 0 Å². The maximum Gasteiger partial charge on any atom is 0.273 e. The molecule has 0 aliphatic carbocycles. The molecule has 0 heterocycles. The number of hydrogen-bond donors (Lipinski definition) is 2. The number of halogens is 1. The third-order valence-electron chi connectivity index (χ3n) is 2.35. The summed E-state index contributed by atoms with van der Waals surface area (Å²) in [5.74, 6) is -0.165. The molecule has 1 amide bonds. The molecule has 0 aliphatic rings. The predicted octanol–water partition coefficient (Wildman–Crippen LogP) is 2.25. The van der Waals surface area contributed by atoms with Crippen LogP contribution in [0, 0.1) is 10.1 Å². The Morgan fingerprint density at radius 3 is 2.60 bits per heavy atom. The lowest BCUT2D eigenvalue weighted by molar-refractivity contribution is -0.385. The van der Waals surface area contributed by atoms with Gasteiger partial charge in [0, 0.05) is 28.7 Å². The molecule has 110 valence electrons. The number of carbonyl (C=O) groups excluding carboxylic acids is 1. The number of carbonyl (C=O) groups is 1. The van der Waals surface area contributed by atoms with Gasteiger partial charge in [0.05, 0.1) is 11.5 Å². The molecule has 0 unspecified atom stereocenters. The number of nitro groups is 1. The highest BCUT2D eigenvalue weighted by atomic mass is 35.5. The molecule has 0 saturated carbocycles. The molecule has 1 aromatic rings. The second-order valence-electron chi connectivity index (χ2n) is 5.43. The molecule has 0 radical (unpaired) electrons. The highest BCUT2D eigenvalue weighted by Crippen LogP contribution is 2.22. The summed E-state index contributed by atoms with van der Waals surface area (Å²) < 4.78 is 0. The van der Waals surface area contributed by atoms with E-state index in [1.165, 1.54) is 18.2 Å². The third-order valence-corrected chi connectivity index (χ3v) is 2.59. The van der Waals surface area contributed by atoms with Crippen molar-refractivity contribution >= 4 is 23.2 Å². The third kappa shape index (κ3) is 5.54. The summed E-state index contributed by atoms with van der Waals surface area (Å²) in [4.78, 5) is 22.0. The standard InChI is InChI=1S/C13H18ClN3O3/c1-13(2,3)16-12(18)8-15-7-9-6-10(14)4-5-11(9)17(19)20/h4-6,15H,7-8H2,1-3H3,(H,16,18). The van der Waals surface area contributed by atoms with Crippen LogP contribution >= 0.6 is 11.6 Å². The Hall–Kier alpha value is -1.66. The van der Waals surface area contributed by atoms with Crippen LogP contribution in [0.15, 0.2) is 18.2 Å². The van der Waals surface area contributed by atoms with E-state index in [1.807, 2.05) is 20.8 Å². The predicted molar refractivity (Wildman–Crippen MR) is 77.7 cm³/mol. The van der Waals surface area contributed by atoms with Crippen molar-refractivity contribution in [3.63, 3.8) is 0 Å². The van der Waals surface area contributed by atoms with Crippen LogP contribution in [0.3, 0.4) is 0 Å². The summed E-state index contributed by atoms with van der Waals surface area (Å²) in [5.41, 5.74) is 0.130. The zero-order valence-electron chi connectivity index (χ0n) is 11.7. The number of nitrogens with zero attached hydrogens (tertiary/aromatic N) is 1. The summed E-state index contributed by atoms with van der Waals surface area (Å²) >= 11 is 5.82. The highest BCUT2D eigenvalue weighted by Gasteiger charge is 2.15. The molecule has 0 fully saturated rings. The fourth-order valence-electron chi connectivity index (χ4n) is 1.65. The lowest BCUT2D eigenvalue weighted by Crippen LogP contribution is -2.44. The second-order valence-corrected chi connectivity index (χ2v) is 5.87. The van der Waals surface area contributed by atoms with Crippen LogP contribution in [0.5, 0.6) is 0 Å². The average molecular weight is 300 g/mol. The van der Waals surface area contributed by atoms with Crippen molar-refractivity contribution in [1.29, 1.82) is 0 Å². The van der Waals surface area contributed by atoms with E-state index in [1.54, 1.807) is 0 Å². The molecule has 0 saturated heterocycles. The Balaban J connectivity index is 2.60. The first-order valence-electron chi connectivity index (χ1n) is 6.13. The molecule has 1 aromatic carbocycles. The van der Waals surface area contributed by atoms with Crippen LogP contribution < -0.4 is 10.6 Å². The summed E-state index contributed by atoms with van der Waals surface area (Å²) in [6.07, 6.45) is 0. The fraction of sp³-hybridized carbons (Fsp3) is 0.462. The molecule has 0 aliphatic heterocycles. The number of amides is 1. The second kappa shape index (κ2) is 6.67. The maximum absolute atomic E-state index is 11.6. The van der Waals surface area contributed by atoms with Crippen LogP contribution in [0.1, 0.15) is 26.3 Å². The quantitative estimate of drug-likeness (QED) is 0.645. The molecule has 0 aromatic heterocycles. The van der Waals surface area contributed by atoms with Gasteiger partial charge in [-0.3, -0.25) is 14.9 Å².